The van der Waals surface area contributed by atoms with Crippen LogP contribution in [0.2, 0.25) is 0 Å². The van der Waals surface area contributed by atoms with E-state index in [0.717, 1.165) is 6.54 Å². The first-order valence-corrected chi connectivity index (χ1v) is 4.40. The molecule has 11 heavy (non-hydrogen) atoms. The second kappa shape index (κ2) is 4.78. The van der Waals surface area contributed by atoms with Crippen molar-refractivity contribution in [1.29, 1.82) is 0 Å². The maximum Gasteiger partial charge on any atom is 0.0149 e. The van der Waals surface area contributed by atoms with E-state index >= 15 is 0 Å². The smallest absolute Gasteiger partial charge is 0.0149 e. The summed E-state index contributed by atoms with van der Waals surface area (Å²) < 4.78 is 0. The number of halogens is 1. The summed E-state index contributed by atoms with van der Waals surface area (Å²) >= 11 is 5.38. The molecule has 0 aliphatic rings. The third-order valence-electron chi connectivity index (χ3n) is 1.93. The molecule has 0 aromatic carbocycles. The Kier molecular flexibility index (Phi) is 4.78. The van der Waals surface area contributed by atoms with Gasteiger partial charge in [-0.05, 0) is 12.3 Å². The molecule has 0 radical (unpaired) electrons. The third kappa shape index (κ3) is 5.28. The van der Waals surface area contributed by atoms with Gasteiger partial charge in [0.05, 0.1) is 0 Å². The molecule has 0 fully saturated rings. The van der Waals surface area contributed by atoms with Gasteiger partial charge in [0.1, 0.15) is 0 Å². The highest BCUT2D eigenvalue weighted by Gasteiger charge is 2.18. The molecular formula is C9H18ClN. The standard InChI is InChI=1S/C9H18ClN/c1-8(9(2,3)4)11-7-5-6-10/h5-6,8,11H,7H2,1-4H3/b6-5+. The predicted molar refractivity (Wildman–Crippen MR) is 51.9 cm³/mol. The average molecular weight is 176 g/mol. The third-order valence-corrected chi connectivity index (χ3v) is 2.11. The largest absolute Gasteiger partial charge is 0.310 e. The Morgan fingerprint density at radius 1 is 1.45 bits per heavy atom. The minimum Gasteiger partial charge on any atom is -0.310 e. The Morgan fingerprint density at radius 3 is 2.36 bits per heavy atom. The van der Waals surface area contributed by atoms with Gasteiger partial charge in [0.2, 0.25) is 0 Å². The van der Waals surface area contributed by atoms with E-state index in [1.165, 1.54) is 0 Å². The summed E-state index contributed by atoms with van der Waals surface area (Å²) in [6.45, 7) is 9.68. The zero-order valence-corrected chi connectivity index (χ0v) is 8.57. The molecule has 0 saturated carbocycles. The molecule has 0 amide bonds. The van der Waals surface area contributed by atoms with Crippen LogP contribution >= 0.6 is 11.6 Å². The maximum absolute atomic E-state index is 5.38. The molecule has 0 aromatic heterocycles. The van der Waals surface area contributed by atoms with Gasteiger partial charge in [-0.15, -0.1) is 0 Å². The van der Waals surface area contributed by atoms with Gasteiger partial charge in [0.15, 0.2) is 0 Å². The van der Waals surface area contributed by atoms with Gasteiger partial charge in [-0.1, -0.05) is 38.4 Å². The van der Waals surface area contributed by atoms with Crippen molar-refractivity contribution in [1.82, 2.24) is 5.32 Å². The van der Waals surface area contributed by atoms with Gasteiger partial charge in [-0.3, -0.25) is 0 Å². The molecular weight excluding hydrogens is 158 g/mol. The molecule has 0 bridgehead atoms. The summed E-state index contributed by atoms with van der Waals surface area (Å²) in [6, 6.07) is 0.510. The number of rotatable bonds is 3. The Labute approximate surface area is 74.8 Å². The normalized spacial score (nSPS) is 15.7. The van der Waals surface area contributed by atoms with E-state index in [-0.39, 0.29) is 0 Å². The monoisotopic (exact) mass is 175 g/mol. The number of nitrogens with one attached hydrogen (secondary N) is 1. The van der Waals surface area contributed by atoms with Gasteiger partial charge >= 0.3 is 0 Å². The van der Waals surface area contributed by atoms with Crippen molar-refractivity contribution in [2.24, 2.45) is 5.41 Å². The van der Waals surface area contributed by atoms with E-state index in [2.05, 4.69) is 33.0 Å². The second-order valence-corrected chi connectivity index (χ2v) is 4.11. The van der Waals surface area contributed by atoms with E-state index in [1.54, 1.807) is 5.54 Å². The molecule has 2 heteroatoms. The van der Waals surface area contributed by atoms with E-state index in [4.69, 9.17) is 11.6 Å². The van der Waals surface area contributed by atoms with Gasteiger partial charge in [0.25, 0.3) is 0 Å². The van der Waals surface area contributed by atoms with Crippen LogP contribution in [-0.2, 0) is 0 Å². The van der Waals surface area contributed by atoms with Crippen LogP contribution in [0.25, 0.3) is 0 Å². The van der Waals surface area contributed by atoms with Gasteiger partial charge in [-0.25, -0.2) is 0 Å². The SMILES string of the molecule is CC(NC/C=C/Cl)C(C)(C)C. The highest BCUT2D eigenvalue weighted by Crippen LogP contribution is 2.17. The van der Waals surface area contributed by atoms with Crippen molar-refractivity contribution in [3.8, 4) is 0 Å². The van der Waals surface area contributed by atoms with Crippen LogP contribution in [-0.4, -0.2) is 12.6 Å². The molecule has 0 aromatic rings. The first kappa shape index (κ1) is 11.0. The van der Waals surface area contributed by atoms with Gasteiger partial charge in [-0.2, -0.15) is 0 Å². The lowest BCUT2D eigenvalue weighted by Gasteiger charge is -2.27. The molecule has 0 aliphatic carbocycles. The van der Waals surface area contributed by atoms with Crippen molar-refractivity contribution < 1.29 is 0 Å². The van der Waals surface area contributed by atoms with Crippen molar-refractivity contribution in [2.45, 2.75) is 33.7 Å². The lowest BCUT2D eigenvalue weighted by atomic mass is 9.88. The van der Waals surface area contributed by atoms with Crippen LogP contribution in [0.4, 0.5) is 0 Å². The number of hydrogen-bond donors (Lipinski definition) is 1. The summed E-state index contributed by atoms with van der Waals surface area (Å²) in [7, 11) is 0. The van der Waals surface area contributed by atoms with E-state index in [9.17, 15) is 0 Å². The molecule has 1 unspecified atom stereocenters. The Hall–Kier alpha value is -0.0100. The average Bonchev–Trinajstić information content (AvgIpc) is 1.86. The molecule has 0 aliphatic heterocycles. The minimum atomic E-state index is 0.320. The molecule has 0 heterocycles. The highest BCUT2D eigenvalue weighted by atomic mass is 35.5. The summed E-state index contributed by atoms with van der Waals surface area (Å²) in [5, 5.41) is 3.35. The molecule has 1 atom stereocenters. The molecule has 1 N–H and O–H groups in total. The maximum atomic E-state index is 5.38. The molecule has 1 nitrogen and oxygen atoms in total. The minimum absolute atomic E-state index is 0.320. The topological polar surface area (TPSA) is 12.0 Å². The van der Waals surface area contributed by atoms with E-state index in [1.807, 2.05) is 6.08 Å². The zero-order chi connectivity index (χ0) is 8.91. The van der Waals surface area contributed by atoms with Crippen LogP contribution in [0.5, 0.6) is 0 Å². The molecule has 66 valence electrons. The Bertz CT molecular complexity index is 124. The van der Waals surface area contributed by atoms with Crippen LogP contribution in [0.1, 0.15) is 27.7 Å². The van der Waals surface area contributed by atoms with E-state index in [0.29, 0.717) is 11.5 Å². The molecule has 0 saturated heterocycles. The molecule has 0 rings (SSSR count). The first-order valence-electron chi connectivity index (χ1n) is 3.97. The number of hydrogen-bond acceptors (Lipinski definition) is 1. The summed E-state index contributed by atoms with van der Waals surface area (Å²) in [5.41, 5.74) is 1.86. The summed E-state index contributed by atoms with van der Waals surface area (Å²) in [5.74, 6) is 0. The fourth-order valence-corrected chi connectivity index (χ4v) is 0.685. The second-order valence-electron chi connectivity index (χ2n) is 3.86. The quantitative estimate of drug-likeness (QED) is 0.696. The van der Waals surface area contributed by atoms with Crippen molar-refractivity contribution in [3.63, 3.8) is 0 Å². The molecule has 0 spiro atoms. The summed E-state index contributed by atoms with van der Waals surface area (Å²) in [6.07, 6.45) is 1.91. The van der Waals surface area contributed by atoms with Crippen LogP contribution in [0.15, 0.2) is 11.6 Å². The summed E-state index contributed by atoms with van der Waals surface area (Å²) in [4.78, 5) is 0. The fourth-order valence-electron chi connectivity index (χ4n) is 0.596. The van der Waals surface area contributed by atoms with Crippen LogP contribution < -0.4 is 5.32 Å². The highest BCUT2D eigenvalue weighted by molar-refractivity contribution is 6.25. The lowest BCUT2D eigenvalue weighted by Crippen LogP contribution is -2.37. The predicted octanol–water partition coefficient (Wildman–Crippen LogP) is 2.76. The first-order chi connectivity index (χ1) is 4.98. The van der Waals surface area contributed by atoms with Crippen molar-refractivity contribution in [3.05, 3.63) is 11.6 Å². The fraction of sp³-hybridized carbons (Fsp3) is 0.778. The van der Waals surface area contributed by atoms with Crippen LogP contribution in [0, 0.1) is 5.41 Å². The Balaban J connectivity index is 3.61. The van der Waals surface area contributed by atoms with Crippen molar-refractivity contribution >= 4 is 11.6 Å². The van der Waals surface area contributed by atoms with E-state index < -0.39 is 0 Å². The van der Waals surface area contributed by atoms with Crippen molar-refractivity contribution in [2.75, 3.05) is 6.54 Å². The lowest BCUT2D eigenvalue weighted by molar-refractivity contribution is 0.294. The van der Waals surface area contributed by atoms with Gasteiger partial charge in [0, 0.05) is 18.1 Å². The van der Waals surface area contributed by atoms with Crippen LogP contribution in [0.3, 0.4) is 0 Å². The Morgan fingerprint density at radius 2 is 2.00 bits per heavy atom. The van der Waals surface area contributed by atoms with Gasteiger partial charge < -0.3 is 5.32 Å². The zero-order valence-electron chi connectivity index (χ0n) is 7.82.